The Labute approximate surface area is 126 Å². The first-order valence-electron chi connectivity index (χ1n) is 8.28. The summed E-state index contributed by atoms with van der Waals surface area (Å²) < 4.78 is 4.19. The molecular formula is C18H27Bi. The van der Waals surface area contributed by atoms with E-state index in [2.05, 4.69) is 30.3 Å². The van der Waals surface area contributed by atoms with Crippen LogP contribution in [0.25, 0.3) is 0 Å². The fourth-order valence-electron chi connectivity index (χ4n) is 4.04. The third-order valence-corrected chi connectivity index (χ3v) is 18.6. The summed E-state index contributed by atoms with van der Waals surface area (Å²) in [5.74, 6) is 0. The molecule has 104 valence electrons. The molecule has 2 saturated carbocycles. The van der Waals surface area contributed by atoms with Crippen LogP contribution in [0.1, 0.15) is 64.2 Å². The molecule has 0 saturated heterocycles. The van der Waals surface area contributed by atoms with Crippen LogP contribution in [0.4, 0.5) is 0 Å². The van der Waals surface area contributed by atoms with Crippen molar-refractivity contribution in [3.05, 3.63) is 30.3 Å². The SMILES string of the molecule is c1cc[c]([Bi]([CH]2CCCCC2)[CH]2CCCCC2)cc1. The van der Waals surface area contributed by atoms with E-state index in [1.54, 1.807) is 25.7 Å². The van der Waals surface area contributed by atoms with Crippen molar-refractivity contribution in [2.45, 2.75) is 71.5 Å². The molecule has 0 radical (unpaired) electrons. The van der Waals surface area contributed by atoms with Crippen LogP contribution in [0.5, 0.6) is 0 Å². The Morgan fingerprint density at radius 1 is 0.632 bits per heavy atom. The Hall–Kier alpha value is 0.103. The van der Waals surface area contributed by atoms with Crippen LogP contribution >= 0.6 is 0 Å². The van der Waals surface area contributed by atoms with Crippen molar-refractivity contribution in [1.29, 1.82) is 0 Å². The first kappa shape index (κ1) is 14.1. The topological polar surface area (TPSA) is 0 Å². The molecule has 0 aromatic heterocycles. The van der Waals surface area contributed by atoms with Gasteiger partial charge in [0.2, 0.25) is 0 Å². The zero-order valence-electron chi connectivity index (χ0n) is 12.1. The summed E-state index contributed by atoms with van der Waals surface area (Å²) >= 11 is -1.51. The van der Waals surface area contributed by atoms with E-state index in [-0.39, 0.29) is 0 Å². The summed E-state index contributed by atoms with van der Waals surface area (Å²) in [5.41, 5.74) is 0. The Morgan fingerprint density at radius 2 is 1.11 bits per heavy atom. The molecule has 0 bridgehead atoms. The van der Waals surface area contributed by atoms with Gasteiger partial charge in [-0.2, -0.15) is 0 Å². The van der Waals surface area contributed by atoms with E-state index >= 15 is 0 Å². The van der Waals surface area contributed by atoms with Crippen LogP contribution in [0, 0.1) is 0 Å². The van der Waals surface area contributed by atoms with E-state index in [9.17, 15) is 0 Å². The normalized spacial score (nSPS) is 22.8. The molecule has 0 unspecified atom stereocenters. The Bertz CT molecular complexity index is 343. The van der Waals surface area contributed by atoms with Crippen LogP contribution < -0.4 is 3.27 Å². The average molecular weight is 452 g/mol. The molecular weight excluding hydrogens is 425 g/mol. The summed E-state index contributed by atoms with van der Waals surface area (Å²) in [6, 6.07) is 11.8. The first-order chi connectivity index (χ1) is 9.45. The van der Waals surface area contributed by atoms with Gasteiger partial charge in [0.1, 0.15) is 0 Å². The predicted octanol–water partition coefficient (Wildman–Crippen LogP) is 5.06. The zero-order valence-corrected chi connectivity index (χ0v) is 15.5. The van der Waals surface area contributed by atoms with E-state index < -0.39 is 21.8 Å². The third-order valence-electron chi connectivity index (χ3n) is 4.99. The van der Waals surface area contributed by atoms with E-state index in [4.69, 9.17) is 0 Å². The van der Waals surface area contributed by atoms with Crippen LogP contribution in [0.15, 0.2) is 30.3 Å². The van der Waals surface area contributed by atoms with Gasteiger partial charge in [-0.3, -0.25) is 0 Å². The van der Waals surface area contributed by atoms with Gasteiger partial charge >= 0.3 is 127 Å². The molecule has 0 nitrogen and oxygen atoms in total. The van der Waals surface area contributed by atoms with Gasteiger partial charge in [-0.25, -0.2) is 0 Å². The molecule has 1 heteroatoms. The van der Waals surface area contributed by atoms with E-state index in [0.29, 0.717) is 0 Å². The van der Waals surface area contributed by atoms with Crippen LogP contribution in [-0.2, 0) is 0 Å². The molecule has 0 heterocycles. The van der Waals surface area contributed by atoms with Crippen LogP contribution in [-0.4, -0.2) is 21.8 Å². The maximum atomic E-state index is 2.49. The monoisotopic (exact) mass is 452 g/mol. The third kappa shape index (κ3) is 3.60. The molecule has 2 aliphatic rings. The van der Waals surface area contributed by atoms with Crippen molar-refractivity contribution in [1.82, 2.24) is 0 Å². The minimum absolute atomic E-state index is 1.18. The fraction of sp³-hybridized carbons (Fsp3) is 0.667. The summed E-state index contributed by atoms with van der Waals surface area (Å²) in [6.45, 7) is 0. The second kappa shape index (κ2) is 7.21. The van der Waals surface area contributed by atoms with Crippen LogP contribution in [0.3, 0.4) is 0 Å². The molecule has 0 N–H and O–H groups in total. The van der Waals surface area contributed by atoms with Crippen molar-refractivity contribution in [3.63, 3.8) is 0 Å². The number of hydrogen-bond acceptors (Lipinski definition) is 0. The fourth-order valence-corrected chi connectivity index (χ4v) is 18.8. The van der Waals surface area contributed by atoms with Crippen molar-refractivity contribution in [2.24, 2.45) is 0 Å². The van der Waals surface area contributed by atoms with E-state index in [1.807, 2.05) is 3.27 Å². The predicted molar refractivity (Wildman–Crippen MR) is 85.5 cm³/mol. The van der Waals surface area contributed by atoms with Gasteiger partial charge in [0.05, 0.1) is 0 Å². The van der Waals surface area contributed by atoms with Gasteiger partial charge < -0.3 is 0 Å². The molecule has 1 aromatic carbocycles. The van der Waals surface area contributed by atoms with Crippen molar-refractivity contribution < 1.29 is 0 Å². The maximum absolute atomic E-state index is 2.49. The Kier molecular flexibility index (Phi) is 5.33. The summed E-state index contributed by atoms with van der Waals surface area (Å²) in [6.07, 6.45) is 15.4. The summed E-state index contributed by atoms with van der Waals surface area (Å²) in [7, 11) is 0. The second-order valence-corrected chi connectivity index (χ2v) is 17.2. The zero-order chi connectivity index (χ0) is 12.9. The van der Waals surface area contributed by atoms with E-state index in [0.717, 1.165) is 0 Å². The molecule has 0 spiro atoms. The second-order valence-electron chi connectivity index (χ2n) is 6.33. The number of hydrogen-bond donors (Lipinski definition) is 0. The molecule has 3 rings (SSSR count). The quantitative estimate of drug-likeness (QED) is 0.563. The van der Waals surface area contributed by atoms with Gasteiger partial charge in [-0.15, -0.1) is 0 Å². The summed E-state index contributed by atoms with van der Waals surface area (Å²) in [4.78, 5) is 0. The average Bonchev–Trinajstić information content (AvgIpc) is 2.51. The molecule has 2 fully saturated rings. The van der Waals surface area contributed by atoms with Gasteiger partial charge in [-0.05, 0) is 0 Å². The first-order valence-corrected chi connectivity index (χ1v) is 14.0. The van der Waals surface area contributed by atoms with Gasteiger partial charge in [0, 0.05) is 0 Å². The number of rotatable bonds is 3. The van der Waals surface area contributed by atoms with Crippen molar-refractivity contribution in [3.8, 4) is 0 Å². The Balaban J connectivity index is 1.81. The number of benzene rings is 1. The molecule has 19 heavy (non-hydrogen) atoms. The standard InChI is InChI=1S/2C6H11.C6H5.Bi/c3*1-2-4-6-5-3-1;/h2*1H,2-6H2;1-5H;. The van der Waals surface area contributed by atoms with E-state index in [1.165, 1.54) is 45.8 Å². The van der Waals surface area contributed by atoms with Gasteiger partial charge in [0.25, 0.3) is 0 Å². The van der Waals surface area contributed by atoms with Crippen LogP contribution in [0.2, 0.25) is 7.25 Å². The van der Waals surface area contributed by atoms with Crippen molar-refractivity contribution in [2.75, 3.05) is 0 Å². The van der Waals surface area contributed by atoms with Gasteiger partial charge in [0.15, 0.2) is 0 Å². The molecule has 1 aromatic rings. The van der Waals surface area contributed by atoms with Gasteiger partial charge in [-0.1, -0.05) is 0 Å². The molecule has 0 aliphatic heterocycles. The molecule has 2 aliphatic carbocycles. The molecule has 0 atom stereocenters. The Morgan fingerprint density at radius 3 is 1.58 bits per heavy atom. The summed E-state index contributed by atoms with van der Waals surface area (Å²) in [5, 5.41) is 0. The molecule has 0 amide bonds. The minimum atomic E-state index is -1.51. The van der Waals surface area contributed by atoms with Crippen molar-refractivity contribution >= 4 is 25.0 Å².